The molecule has 1 aromatic carbocycles. The molecule has 22 heavy (non-hydrogen) atoms. The van der Waals surface area contributed by atoms with Crippen molar-refractivity contribution in [2.24, 2.45) is 0 Å². The highest BCUT2D eigenvalue weighted by Gasteiger charge is 2.20. The van der Waals surface area contributed by atoms with E-state index in [1.165, 1.54) is 14.2 Å². The highest BCUT2D eigenvalue weighted by molar-refractivity contribution is 5.92. The smallest absolute Gasteiger partial charge is 0.340 e. The van der Waals surface area contributed by atoms with E-state index in [-0.39, 0.29) is 18.6 Å². The van der Waals surface area contributed by atoms with Crippen LogP contribution in [-0.4, -0.2) is 26.8 Å². The fraction of sp³-hybridized carbons (Fsp3) is 0.375. The maximum absolute atomic E-state index is 12.2. The Hall–Kier alpha value is -2.50. The summed E-state index contributed by atoms with van der Waals surface area (Å²) >= 11 is 0. The van der Waals surface area contributed by atoms with Crippen molar-refractivity contribution in [1.29, 1.82) is 0 Å². The van der Waals surface area contributed by atoms with Crippen LogP contribution in [0.25, 0.3) is 11.0 Å². The second kappa shape index (κ2) is 6.51. The zero-order chi connectivity index (χ0) is 16.3. The summed E-state index contributed by atoms with van der Waals surface area (Å²) in [6, 6.07) is 3.39. The fourth-order valence-electron chi connectivity index (χ4n) is 2.35. The summed E-state index contributed by atoms with van der Waals surface area (Å²) in [7, 11) is 3.01. The van der Waals surface area contributed by atoms with Gasteiger partial charge in [0, 0.05) is 0 Å². The molecule has 6 nitrogen and oxygen atoms in total. The van der Waals surface area contributed by atoms with Crippen molar-refractivity contribution in [3.63, 3.8) is 0 Å². The molecule has 6 heteroatoms. The van der Waals surface area contributed by atoms with Crippen LogP contribution in [0.3, 0.4) is 0 Å². The number of methoxy groups -OCH3 is 2. The van der Waals surface area contributed by atoms with Crippen LogP contribution in [0.5, 0.6) is 11.5 Å². The number of benzene rings is 1. The molecular formula is C16H18O6. The van der Waals surface area contributed by atoms with Crippen LogP contribution in [0.1, 0.15) is 18.1 Å². The van der Waals surface area contributed by atoms with E-state index in [1.54, 1.807) is 26.0 Å². The minimum absolute atomic E-state index is 0.141. The van der Waals surface area contributed by atoms with Gasteiger partial charge in [0.15, 0.2) is 11.3 Å². The minimum atomic E-state index is -0.579. The van der Waals surface area contributed by atoms with E-state index in [0.29, 0.717) is 28.0 Å². The quantitative estimate of drug-likeness (QED) is 0.623. The van der Waals surface area contributed by atoms with E-state index in [1.807, 2.05) is 0 Å². The average Bonchev–Trinajstić information content (AvgIpc) is 2.50. The molecule has 0 saturated heterocycles. The number of fused-ring (bicyclic) bond motifs is 1. The number of carbonyl (C=O) groups excluding carboxylic acids is 1. The van der Waals surface area contributed by atoms with Crippen LogP contribution < -0.4 is 15.1 Å². The van der Waals surface area contributed by atoms with Gasteiger partial charge < -0.3 is 18.6 Å². The SMILES string of the molecule is CCOC(=O)Cc1c(C)c2c(OC)ccc(OC)c2oc1=O. The van der Waals surface area contributed by atoms with Crippen molar-refractivity contribution in [3.05, 3.63) is 33.7 Å². The highest BCUT2D eigenvalue weighted by atomic mass is 16.5. The first-order chi connectivity index (χ1) is 10.5. The van der Waals surface area contributed by atoms with E-state index in [9.17, 15) is 9.59 Å². The third-order valence-electron chi connectivity index (χ3n) is 3.42. The molecule has 0 spiro atoms. The summed E-state index contributed by atoms with van der Waals surface area (Å²) < 4.78 is 20.8. The largest absolute Gasteiger partial charge is 0.496 e. The van der Waals surface area contributed by atoms with Gasteiger partial charge in [-0.05, 0) is 31.5 Å². The Bertz CT molecular complexity index is 759. The van der Waals surface area contributed by atoms with Gasteiger partial charge in [0.2, 0.25) is 0 Å². The van der Waals surface area contributed by atoms with Crippen LogP contribution >= 0.6 is 0 Å². The maximum Gasteiger partial charge on any atom is 0.340 e. The standard InChI is InChI=1S/C16H18O6/c1-5-21-13(17)8-10-9(2)14-11(19-3)6-7-12(20-4)15(14)22-16(10)18/h6-7H,5,8H2,1-4H3. The second-order valence-corrected chi connectivity index (χ2v) is 4.65. The Morgan fingerprint density at radius 3 is 2.41 bits per heavy atom. The minimum Gasteiger partial charge on any atom is -0.496 e. The van der Waals surface area contributed by atoms with Crippen LogP contribution in [-0.2, 0) is 16.0 Å². The first kappa shape index (κ1) is 15.9. The molecule has 1 heterocycles. The topological polar surface area (TPSA) is 75.0 Å². The van der Waals surface area contributed by atoms with Crippen LogP contribution in [0.2, 0.25) is 0 Å². The summed E-state index contributed by atoms with van der Waals surface area (Å²) in [5, 5.41) is 0.612. The van der Waals surface area contributed by atoms with Gasteiger partial charge in [-0.15, -0.1) is 0 Å². The molecule has 118 valence electrons. The van der Waals surface area contributed by atoms with Gasteiger partial charge in [-0.25, -0.2) is 4.79 Å². The Morgan fingerprint density at radius 1 is 1.18 bits per heavy atom. The van der Waals surface area contributed by atoms with Crippen molar-refractivity contribution in [2.45, 2.75) is 20.3 Å². The molecule has 2 aromatic rings. The Morgan fingerprint density at radius 2 is 1.82 bits per heavy atom. The fourth-order valence-corrected chi connectivity index (χ4v) is 2.35. The van der Waals surface area contributed by atoms with Crippen molar-refractivity contribution in [2.75, 3.05) is 20.8 Å². The Kier molecular flexibility index (Phi) is 4.70. The number of hydrogen-bond donors (Lipinski definition) is 0. The molecule has 0 N–H and O–H groups in total. The van der Waals surface area contributed by atoms with Crippen molar-refractivity contribution in [1.82, 2.24) is 0 Å². The van der Waals surface area contributed by atoms with Gasteiger partial charge in [-0.3, -0.25) is 4.79 Å². The zero-order valence-electron chi connectivity index (χ0n) is 13.0. The van der Waals surface area contributed by atoms with E-state index >= 15 is 0 Å². The lowest BCUT2D eigenvalue weighted by atomic mass is 10.0. The van der Waals surface area contributed by atoms with Gasteiger partial charge in [0.05, 0.1) is 38.2 Å². The maximum atomic E-state index is 12.2. The molecule has 0 radical (unpaired) electrons. The van der Waals surface area contributed by atoms with Gasteiger partial charge in [0.25, 0.3) is 0 Å². The molecule has 0 atom stereocenters. The number of carbonyl (C=O) groups is 1. The normalized spacial score (nSPS) is 10.5. The van der Waals surface area contributed by atoms with Crippen molar-refractivity contribution >= 4 is 16.9 Å². The molecule has 2 rings (SSSR count). The van der Waals surface area contributed by atoms with Crippen molar-refractivity contribution < 1.29 is 23.4 Å². The lowest BCUT2D eigenvalue weighted by Crippen LogP contribution is -2.17. The molecule has 0 unspecified atom stereocenters. The number of esters is 1. The third-order valence-corrected chi connectivity index (χ3v) is 3.42. The Labute approximate surface area is 127 Å². The number of aryl methyl sites for hydroxylation is 1. The monoisotopic (exact) mass is 306 g/mol. The molecule has 0 bridgehead atoms. The summed E-state index contributed by atoms with van der Waals surface area (Å²) in [4.78, 5) is 23.9. The summed E-state index contributed by atoms with van der Waals surface area (Å²) in [5.74, 6) is 0.500. The van der Waals surface area contributed by atoms with Crippen molar-refractivity contribution in [3.8, 4) is 11.5 Å². The predicted octanol–water partition coefficient (Wildman–Crippen LogP) is 2.22. The molecule has 0 saturated carbocycles. The van der Waals surface area contributed by atoms with E-state index in [2.05, 4.69) is 0 Å². The van der Waals surface area contributed by atoms with Gasteiger partial charge in [-0.2, -0.15) is 0 Å². The summed E-state index contributed by atoms with van der Waals surface area (Å²) in [6.07, 6.45) is -0.141. The van der Waals surface area contributed by atoms with Crippen LogP contribution in [0.4, 0.5) is 0 Å². The Balaban J connectivity index is 2.70. The van der Waals surface area contributed by atoms with Crippen LogP contribution in [0, 0.1) is 6.92 Å². The van der Waals surface area contributed by atoms with E-state index in [4.69, 9.17) is 18.6 Å². The second-order valence-electron chi connectivity index (χ2n) is 4.65. The molecule has 0 fully saturated rings. The molecule has 0 aliphatic heterocycles. The average molecular weight is 306 g/mol. The molecular weight excluding hydrogens is 288 g/mol. The lowest BCUT2D eigenvalue weighted by Gasteiger charge is -2.13. The first-order valence-corrected chi connectivity index (χ1v) is 6.86. The molecule has 1 aromatic heterocycles. The summed E-state index contributed by atoms with van der Waals surface area (Å²) in [5.41, 5.74) is 0.606. The third kappa shape index (κ3) is 2.77. The molecule has 0 aliphatic carbocycles. The number of rotatable bonds is 5. The lowest BCUT2D eigenvalue weighted by molar-refractivity contribution is -0.142. The van der Waals surface area contributed by atoms with E-state index < -0.39 is 11.6 Å². The predicted molar refractivity (Wildman–Crippen MR) is 80.7 cm³/mol. The molecule has 0 amide bonds. The number of hydrogen-bond acceptors (Lipinski definition) is 6. The first-order valence-electron chi connectivity index (χ1n) is 6.86. The summed E-state index contributed by atoms with van der Waals surface area (Å²) in [6.45, 7) is 3.71. The molecule has 0 aliphatic rings. The zero-order valence-corrected chi connectivity index (χ0v) is 13.0. The van der Waals surface area contributed by atoms with Gasteiger partial charge in [0.1, 0.15) is 5.75 Å². The van der Waals surface area contributed by atoms with Gasteiger partial charge in [-0.1, -0.05) is 0 Å². The number of ether oxygens (including phenoxy) is 3. The van der Waals surface area contributed by atoms with E-state index in [0.717, 1.165) is 0 Å². The van der Waals surface area contributed by atoms with Crippen LogP contribution in [0.15, 0.2) is 21.3 Å². The van der Waals surface area contributed by atoms with Gasteiger partial charge >= 0.3 is 11.6 Å². The highest BCUT2D eigenvalue weighted by Crippen LogP contribution is 2.35.